The maximum absolute atomic E-state index is 13.1. The number of benzene rings is 2. The number of nitrogens with one attached hydrogen (secondary N) is 1. The van der Waals surface area contributed by atoms with Gasteiger partial charge in [0.1, 0.15) is 10.9 Å². The van der Waals surface area contributed by atoms with Crippen molar-refractivity contribution in [3.05, 3.63) is 65.7 Å². The highest BCUT2D eigenvalue weighted by Gasteiger charge is 2.40. The SMILES string of the molecule is CCC(C(=O)NC)N(Cc1ccccc1)C(=O)CCCN1C(=O)c2ccccc2S1(=O)=O. The van der Waals surface area contributed by atoms with Crippen LogP contribution in [0.25, 0.3) is 0 Å². The van der Waals surface area contributed by atoms with Crippen LogP contribution >= 0.6 is 0 Å². The van der Waals surface area contributed by atoms with Crippen molar-refractivity contribution in [3.8, 4) is 0 Å². The van der Waals surface area contributed by atoms with E-state index in [1.807, 2.05) is 37.3 Å². The Labute approximate surface area is 188 Å². The van der Waals surface area contributed by atoms with Gasteiger partial charge in [0.2, 0.25) is 11.8 Å². The molecule has 170 valence electrons. The van der Waals surface area contributed by atoms with Gasteiger partial charge in [0.15, 0.2) is 0 Å². The van der Waals surface area contributed by atoms with Crippen molar-refractivity contribution in [1.82, 2.24) is 14.5 Å². The Balaban J connectivity index is 1.71. The van der Waals surface area contributed by atoms with Crippen LogP contribution in [0.2, 0.25) is 0 Å². The molecule has 0 saturated carbocycles. The van der Waals surface area contributed by atoms with Crippen LogP contribution in [0.1, 0.15) is 42.1 Å². The van der Waals surface area contributed by atoms with E-state index in [-0.39, 0.29) is 48.2 Å². The Morgan fingerprint density at radius 1 is 1.06 bits per heavy atom. The fraction of sp³-hybridized carbons (Fsp3) is 0.348. The normalized spacial score (nSPS) is 15.2. The molecule has 0 aromatic heterocycles. The van der Waals surface area contributed by atoms with Gasteiger partial charge in [-0.05, 0) is 30.5 Å². The van der Waals surface area contributed by atoms with Gasteiger partial charge in [0.25, 0.3) is 15.9 Å². The van der Waals surface area contributed by atoms with Gasteiger partial charge in [-0.25, -0.2) is 12.7 Å². The average Bonchev–Trinajstić information content (AvgIpc) is 3.00. The minimum atomic E-state index is -3.91. The fourth-order valence-corrected chi connectivity index (χ4v) is 5.44. The molecule has 0 spiro atoms. The maximum atomic E-state index is 13.1. The van der Waals surface area contributed by atoms with Gasteiger partial charge in [-0.15, -0.1) is 0 Å². The molecule has 1 aliphatic rings. The van der Waals surface area contributed by atoms with Crippen molar-refractivity contribution < 1.29 is 22.8 Å². The van der Waals surface area contributed by atoms with Crippen LogP contribution in [0.4, 0.5) is 0 Å². The van der Waals surface area contributed by atoms with Crippen LogP contribution in [0.15, 0.2) is 59.5 Å². The minimum absolute atomic E-state index is 0.00676. The molecule has 3 rings (SSSR count). The quantitative estimate of drug-likeness (QED) is 0.622. The lowest BCUT2D eigenvalue weighted by Gasteiger charge is -2.30. The Kier molecular flexibility index (Phi) is 7.29. The summed E-state index contributed by atoms with van der Waals surface area (Å²) < 4.78 is 26.2. The number of carbonyl (C=O) groups excluding carboxylic acids is 3. The Hall–Kier alpha value is -3.20. The van der Waals surface area contributed by atoms with E-state index in [1.165, 1.54) is 24.1 Å². The molecule has 8 nitrogen and oxygen atoms in total. The highest BCUT2D eigenvalue weighted by atomic mass is 32.2. The highest BCUT2D eigenvalue weighted by Crippen LogP contribution is 2.30. The van der Waals surface area contributed by atoms with Gasteiger partial charge >= 0.3 is 0 Å². The van der Waals surface area contributed by atoms with Crippen LogP contribution in [0.5, 0.6) is 0 Å². The fourth-order valence-electron chi connectivity index (χ4n) is 3.84. The van der Waals surface area contributed by atoms with Crippen LogP contribution in [0.3, 0.4) is 0 Å². The first kappa shape index (κ1) is 23.5. The lowest BCUT2D eigenvalue weighted by atomic mass is 10.1. The summed E-state index contributed by atoms with van der Waals surface area (Å²) >= 11 is 0. The van der Waals surface area contributed by atoms with Gasteiger partial charge in [-0.2, -0.15) is 0 Å². The van der Waals surface area contributed by atoms with Crippen molar-refractivity contribution in [2.24, 2.45) is 0 Å². The molecule has 0 aliphatic carbocycles. The lowest BCUT2D eigenvalue weighted by molar-refractivity contribution is -0.141. The maximum Gasteiger partial charge on any atom is 0.269 e. The molecule has 1 unspecified atom stereocenters. The summed E-state index contributed by atoms with van der Waals surface area (Å²) in [5.74, 6) is -1.11. The molecule has 1 aliphatic heterocycles. The summed E-state index contributed by atoms with van der Waals surface area (Å²) in [5, 5.41) is 2.60. The zero-order chi connectivity index (χ0) is 23.3. The lowest BCUT2D eigenvalue weighted by Crippen LogP contribution is -2.48. The Morgan fingerprint density at radius 2 is 1.72 bits per heavy atom. The van der Waals surface area contributed by atoms with E-state index in [2.05, 4.69) is 5.32 Å². The van der Waals surface area contributed by atoms with Crippen LogP contribution in [0, 0.1) is 0 Å². The third-order valence-corrected chi connectivity index (χ3v) is 7.33. The number of fused-ring (bicyclic) bond motifs is 1. The van der Waals surface area contributed by atoms with E-state index in [0.717, 1.165) is 9.87 Å². The molecule has 0 fully saturated rings. The number of likely N-dealkylation sites (N-methyl/N-ethyl adjacent to an activating group) is 1. The van der Waals surface area contributed by atoms with Gasteiger partial charge in [-0.3, -0.25) is 14.4 Å². The van der Waals surface area contributed by atoms with E-state index >= 15 is 0 Å². The highest BCUT2D eigenvalue weighted by molar-refractivity contribution is 7.90. The molecular weight excluding hydrogens is 430 g/mol. The first-order valence-electron chi connectivity index (χ1n) is 10.5. The zero-order valence-electron chi connectivity index (χ0n) is 18.2. The number of hydrogen-bond acceptors (Lipinski definition) is 5. The summed E-state index contributed by atoms with van der Waals surface area (Å²) in [4.78, 5) is 39.5. The number of carbonyl (C=O) groups is 3. The number of amides is 3. The van der Waals surface area contributed by atoms with E-state index in [9.17, 15) is 22.8 Å². The van der Waals surface area contributed by atoms with Gasteiger partial charge < -0.3 is 10.2 Å². The third-order valence-electron chi connectivity index (χ3n) is 5.49. The Bertz CT molecular complexity index is 1100. The molecular formula is C23H27N3O5S. The van der Waals surface area contributed by atoms with Gasteiger partial charge in [0.05, 0.1) is 5.56 Å². The summed E-state index contributed by atoms with van der Waals surface area (Å²) in [5.41, 5.74) is 1.03. The summed E-state index contributed by atoms with van der Waals surface area (Å²) in [6, 6.07) is 14.8. The number of hydrogen-bond donors (Lipinski definition) is 1. The molecule has 0 saturated heterocycles. The molecule has 32 heavy (non-hydrogen) atoms. The Morgan fingerprint density at radius 3 is 2.34 bits per heavy atom. The van der Waals surface area contributed by atoms with Crippen molar-refractivity contribution in [2.75, 3.05) is 13.6 Å². The van der Waals surface area contributed by atoms with Crippen molar-refractivity contribution in [1.29, 1.82) is 0 Å². The molecule has 2 aromatic carbocycles. The average molecular weight is 458 g/mol. The van der Waals surface area contributed by atoms with Gasteiger partial charge in [0, 0.05) is 26.6 Å². The molecule has 9 heteroatoms. The van der Waals surface area contributed by atoms with Crippen LogP contribution in [-0.2, 0) is 26.2 Å². The number of rotatable bonds is 9. The van der Waals surface area contributed by atoms with E-state index in [1.54, 1.807) is 12.1 Å². The monoisotopic (exact) mass is 457 g/mol. The van der Waals surface area contributed by atoms with Crippen molar-refractivity contribution in [2.45, 2.75) is 43.7 Å². The second-order valence-electron chi connectivity index (χ2n) is 7.53. The number of sulfonamides is 1. The summed E-state index contributed by atoms with van der Waals surface area (Å²) in [7, 11) is -2.38. The largest absolute Gasteiger partial charge is 0.357 e. The van der Waals surface area contributed by atoms with Gasteiger partial charge in [-0.1, -0.05) is 49.4 Å². The number of nitrogens with zero attached hydrogens (tertiary/aromatic N) is 2. The smallest absolute Gasteiger partial charge is 0.269 e. The van der Waals surface area contributed by atoms with Crippen molar-refractivity contribution >= 4 is 27.7 Å². The molecule has 0 radical (unpaired) electrons. The predicted molar refractivity (Wildman–Crippen MR) is 119 cm³/mol. The molecule has 3 amide bonds. The molecule has 1 atom stereocenters. The van der Waals surface area contributed by atoms with E-state index in [0.29, 0.717) is 6.42 Å². The van der Waals surface area contributed by atoms with E-state index in [4.69, 9.17) is 0 Å². The summed E-state index contributed by atoms with van der Waals surface area (Å²) in [6.07, 6.45) is 0.607. The third kappa shape index (κ3) is 4.67. The molecule has 2 aromatic rings. The van der Waals surface area contributed by atoms with Crippen LogP contribution in [-0.4, -0.2) is 55.0 Å². The zero-order valence-corrected chi connectivity index (χ0v) is 19.0. The summed E-state index contributed by atoms with van der Waals surface area (Å²) in [6.45, 7) is 1.99. The second kappa shape index (κ2) is 9.95. The minimum Gasteiger partial charge on any atom is -0.357 e. The first-order valence-corrected chi connectivity index (χ1v) is 12.0. The molecule has 0 bridgehead atoms. The first-order chi connectivity index (χ1) is 15.3. The molecule has 1 heterocycles. The predicted octanol–water partition coefficient (Wildman–Crippen LogP) is 2.16. The van der Waals surface area contributed by atoms with Crippen LogP contribution < -0.4 is 5.32 Å². The molecule has 1 N–H and O–H groups in total. The van der Waals surface area contributed by atoms with Crippen molar-refractivity contribution in [3.63, 3.8) is 0 Å². The topological polar surface area (TPSA) is 104 Å². The second-order valence-corrected chi connectivity index (χ2v) is 9.36. The van der Waals surface area contributed by atoms with E-state index < -0.39 is 22.0 Å². The standard InChI is InChI=1S/C23H27N3O5S/c1-3-19(22(28)24-2)25(16-17-10-5-4-6-11-17)21(27)14-9-15-26-23(29)18-12-7-8-13-20(18)32(26,30)31/h4-8,10-13,19H,3,9,14-16H2,1-2H3,(H,24,28).